The molecule has 1 amide bonds. The molecule has 0 aromatic heterocycles. The highest BCUT2D eigenvalue weighted by molar-refractivity contribution is 5.85. The van der Waals surface area contributed by atoms with Crippen LogP contribution in [0.4, 0.5) is 0 Å². The van der Waals surface area contributed by atoms with E-state index in [2.05, 4.69) is 11.9 Å². The Bertz CT molecular complexity index is 314. The molecule has 1 rings (SSSR count). The zero-order valence-corrected chi connectivity index (χ0v) is 10.5. The maximum absolute atomic E-state index is 12.0. The fourth-order valence-electron chi connectivity index (χ4n) is 2.43. The van der Waals surface area contributed by atoms with Gasteiger partial charge in [0.05, 0.1) is 11.8 Å². The number of carbonyl (C=O) groups is 2. The topological polar surface area (TPSA) is 66.4 Å². The van der Waals surface area contributed by atoms with Gasteiger partial charge >= 0.3 is 5.97 Å². The van der Waals surface area contributed by atoms with Gasteiger partial charge in [0, 0.05) is 6.04 Å². The molecule has 96 valence electrons. The van der Waals surface area contributed by atoms with E-state index >= 15 is 0 Å². The van der Waals surface area contributed by atoms with Crippen molar-refractivity contribution < 1.29 is 14.7 Å². The fourth-order valence-corrected chi connectivity index (χ4v) is 2.43. The molecule has 1 fully saturated rings. The Morgan fingerprint density at radius 2 is 2.06 bits per heavy atom. The number of carbonyl (C=O) groups excluding carboxylic acids is 1. The Morgan fingerprint density at radius 3 is 2.53 bits per heavy atom. The SMILES string of the molecule is C=CC(C)NC(=O)C1CC(CC)CC1C(=O)O. The number of rotatable bonds is 5. The molecule has 0 aromatic rings. The molecule has 4 atom stereocenters. The minimum absolute atomic E-state index is 0.113. The second-order valence-electron chi connectivity index (χ2n) is 4.83. The summed E-state index contributed by atoms with van der Waals surface area (Å²) < 4.78 is 0. The Morgan fingerprint density at radius 1 is 1.47 bits per heavy atom. The van der Waals surface area contributed by atoms with Crippen LogP contribution in [0.15, 0.2) is 12.7 Å². The molecule has 4 unspecified atom stereocenters. The van der Waals surface area contributed by atoms with E-state index in [1.165, 1.54) is 0 Å². The van der Waals surface area contributed by atoms with Gasteiger partial charge in [0.15, 0.2) is 0 Å². The summed E-state index contributed by atoms with van der Waals surface area (Å²) in [6.07, 6.45) is 3.88. The maximum atomic E-state index is 12.0. The first-order valence-electron chi connectivity index (χ1n) is 6.15. The molecular formula is C13H21NO3. The van der Waals surface area contributed by atoms with Gasteiger partial charge in [-0.25, -0.2) is 0 Å². The molecule has 0 radical (unpaired) electrons. The minimum atomic E-state index is -0.854. The predicted octanol–water partition coefficient (Wildman–Crippen LogP) is 1.81. The number of aliphatic carboxylic acids is 1. The molecule has 4 nitrogen and oxygen atoms in total. The first-order chi connectivity index (χ1) is 7.99. The summed E-state index contributed by atoms with van der Waals surface area (Å²) in [5.74, 6) is -1.57. The third-order valence-electron chi connectivity index (χ3n) is 3.62. The molecule has 0 spiro atoms. The zero-order chi connectivity index (χ0) is 13.0. The summed E-state index contributed by atoms with van der Waals surface area (Å²) in [7, 11) is 0. The second kappa shape index (κ2) is 5.84. The summed E-state index contributed by atoms with van der Waals surface area (Å²) in [5, 5.41) is 11.9. The molecule has 0 aromatic carbocycles. The third kappa shape index (κ3) is 3.32. The van der Waals surface area contributed by atoms with Crippen LogP contribution in [0.5, 0.6) is 0 Å². The Kier molecular flexibility index (Phi) is 4.73. The minimum Gasteiger partial charge on any atom is -0.481 e. The maximum Gasteiger partial charge on any atom is 0.307 e. The fraction of sp³-hybridized carbons (Fsp3) is 0.692. The van der Waals surface area contributed by atoms with E-state index in [1.54, 1.807) is 6.08 Å². The average Bonchev–Trinajstić information content (AvgIpc) is 2.72. The van der Waals surface area contributed by atoms with Crippen LogP contribution in [0, 0.1) is 17.8 Å². The number of amides is 1. The van der Waals surface area contributed by atoms with E-state index in [4.69, 9.17) is 5.11 Å². The highest BCUT2D eigenvalue weighted by Crippen LogP contribution is 2.38. The average molecular weight is 239 g/mol. The lowest BCUT2D eigenvalue weighted by Crippen LogP contribution is -2.39. The van der Waals surface area contributed by atoms with Crippen LogP contribution in [0.3, 0.4) is 0 Å². The summed E-state index contributed by atoms with van der Waals surface area (Å²) in [5.41, 5.74) is 0. The molecule has 0 heterocycles. The molecule has 17 heavy (non-hydrogen) atoms. The summed E-state index contributed by atoms with van der Waals surface area (Å²) in [6, 6.07) is -0.113. The quantitative estimate of drug-likeness (QED) is 0.719. The molecular weight excluding hydrogens is 218 g/mol. The van der Waals surface area contributed by atoms with E-state index in [0.29, 0.717) is 18.8 Å². The number of carboxylic acids is 1. The van der Waals surface area contributed by atoms with Crippen molar-refractivity contribution in [3.63, 3.8) is 0 Å². The predicted molar refractivity (Wildman–Crippen MR) is 65.4 cm³/mol. The van der Waals surface area contributed by atoms with Gasteiger partial charge < -0.3 is 10.4 Å². The van der Waals surface area contributed by atoms with Gasteiger partial charge in [-0.3, -0.25) is 9.59 Å². The van der Waals surface area contributed by atoms with Crippen molar-refractivity contribution in [3.8, 4) is 0 Å². The van der Waals surface area contributed by atoms with Crippen LogP contribution in [-0.2, 0) is 9.59 Å². The number of nitrogens with one attached hydrogen (secondary N) is 1. The van der Waals surface area contributed by atoms with Crippen LogP contribution in [0.25, 0.3) is 0 Å². The lowest BCUT2D eigenvalue weighted by atomic mass is 9.95. The van der Waals surface area contributed by atoms with Gasteiger partial charge in [0.2, 0.25) is 5.91 Å². The van der Waals surface area contributed by atoms with Gasteiger partial charge in [0.1, 0.15) is 0 Å². The van der Waals surface area contributed by atoms with E-state index in [0.717, 1.165) is 6.42 Å². The Labute approximate surface area is 102 Å². The number of carboxylic acid groups (broad SMARTS) is 1. The van der Waals surface area contributed by atoms with Gasteiger partial charge in [-0.1, -0.05) is 19.4 Å². The Hall–Kier alpha value is -1.32. The first-order valence-corrected chi connectivity index (χ1v) is 6.15. The number of hydrogen-bond acceptors (Lipinski definition) is 2. The van der Waals surface area contributed by atoms with Crippen molar-refractivity contribution in [2.24, 2.45) is 17.8 Å². The van der Waals surface area contributed by atoms with Gasteiger partial charge in [0.25, 0.3) is 0 Å². The largest absolute Gasteiger partial charge is 0.481 e. The molecule has 1 saturated carbocycles. The van der Waals surface area contributed by atoms with E-state index in [-0.39, 0.29) is 17.9 Å². The molecule has 0 saturated heterocycles. The monoisotopic (exact) mass is 239 g/mol. The van der Waals surface area contributed by atoms with E-state index in [9.17, 15) is 9.59 Å². The van der Waals surface area contributed by atoms with Crippen LogP contribution >= 0.6 is 0 Å². The van der Waals surface area contributed by atoms with Crippen LogP contribution in [0.1, 0.15) is 33.1 Å². The molecule has 0 bridgehead atoms. The standard InChI is InChI=1S/C13H21NO3/c1-4-8(3)14-12(15)10-6-9(5-2)7-11(10)13(16)17/h4,8-11H,1,5-7H2,2-3H3,(H,14,15)(H,16,17). The smallest absolute Gasteiger partial charge is 0.307 e. The number of hydrogen-bond donors (Lipinski definition) is 2. The lowest BCUT2D eigenvalue weighted by Gasteiger charge is -2.17. The van der Waals surface area contributed by atoms with Crippen molar-refractivity contribution in [1.82, 2.24) is 5.32 Å². The van der Waals surface area contributed by atoms with Crippen LogP contribution in [0.2, 0.25) is 0 Å². The normalized spacial score (nSPS) is 29.6. The Balaban J connectivity index is 2.69. The van der Waals surface area contributed by atoms with Crippen molar-refractivity contribution in [1.29, 1.82) is 0 Å². The molecule has 1 aliphatic rings. The van der Waals surface area contributed by atoms with E-state index in [1.807, 2.05) is 13.8 Å². The van der Waals surface area contributed by atoms with Gasteiger partial charge in [-0.15, -0.1) is 6.58 Å². The zero-order valence-electron chi connectivity index (χ0n) is 10.5. The van der Waals surface area contributed by atoms with Gasteiger partial charge in [-0.05, 0) is 25.7 Å². The highest BCUT2D eigenvalue weighted by Gasteiger charge is 2.42. The van der Waals surface area contributed by atoms with Crippen LogP contribution in [-0.4, -0.2) is 23.0 Å². The summed E-state index contributed by atoms with van der Waals surface area (Å²) in [6.45, 7) is 7.46. The molecule has 1 aliphatic carbocycles. The van der Waals surface area contributed by atoms with Gasteiger partial charge in [-0.2, -0.15) is 0 Å². The second-order valence-corrected chi connectivity index (χ2v) is 4.83. The van der Waals surface area contributed by atoms with Crippen molar-refractivity contribution in [2.75, 3.05) is 0 Å². The van der Waals surface area contributed by atoms with E-state index < -0.39 is 11.9 Å². The summed E-state index contributed by atoms with van der Waals surface area (Å²) in [4.78, 5) is 23.1. The molecule has 0 aliphatic heterocycles. The highest BCUT2D eigenvalue weighted by atomic mass is 16.4. The van der Waals surface area contributed by atoms with Crippen molar-refractivity contribution >= 4 is 11.9 Å². The lowest BCUT2D eigenvalue weighted by molar-refractivity contribution is -0.146. The third-order valence-corrected chi connectivity index (χ3v) is 3.62. The van der Waals surface area contributed by atoms with Crippen molar-refractivity contribution in [2.45, 2.75) is 39.2 Å². The first kappa shape index (κ1) is 13.7. The van der Waals surface area contributed by atoms with Crippen LogP contribution < -0.4 is 5.32 Å². The molecule has 2 N–H and O–H groups in total. The summed E-state index contributed by atoms with van der Waals surface area (Å²) >= 11 is 0. The van der Waals surface area contributed by atoms with Crippen molar-refractivity contribution in [3.05, 3.63) is 12.7 Å². The molecule has 4 heteroatoms.